The SMILES string of the molecule is COc1cccc2c3n(c(=NC(=O)c4ccc(N)nc4)nc12)CC(OCCCN(C)C)N3. The maximum absolute atomic E-state index is 12.8. The summed E-state index contributed by atoms with van der Waals surface area (Å²) >= 11 is 0. The minimum absolute atomic E-state index is 0.252. The molecule has 10 nitrogen and oxygen atoms in total. The lowest BCUT2D eigenvalue weighted by Crippen LogP contribution is -2.27. The van der Waals surface area contributed by atoms with Crippen LogP contribution < -0.4 is 21.4 Å². The first kappa shape index (κ1) is 21.7. The van der Waals surface area contributed by atoms with Gasteiger partial charge in [0.15, 0.2) is 0 Å². The van der Waals surface area contributed by atoms with Gasteiger partial charge in [-0.2, -0.15) is 4.99 Å². The molecule has 0 saturated heterocycles. The third kappa shape index (κ3) is 4.56. The van der Waals surface area contributed by atoms with Crippen LogP contribution >= 0.6 is 0 Å². The van der Waals surface area contributed by atoms with Crippen LogP contribution in [0, 0.1) is 0 Å². The summed E-state index contributed by atoms with van der Waals surface area (Å²) in [6, 6.07) is 8.84. The number of nitrogen functional groups attached to an aromatic ring is 1. The molecule has 1 aliphatic rings. The number of ether oxygens (including phenoxy) is 2. The number of hydrogen-bond acceptors (Lipinski definition) is 8. The summed E-state index contributed by atoms with van der Waals surface area (Å²) < 4.78 is 13.4. The van der Waals surface area contributed by atoms with E-state index in [-0.39, 0.29) is 11.8 Å². The molecule has 4 rings (SSSR count). The molecule has 1 atom stereocenters. The second-order valence-electron chi connectivity index (χ2n) is 7.78. The maximum atomic E-state index is 12.8. The van der Waals surface area contributed by atoms with Crippen LogP contribution in [0.15, 0.2) is 41.5 Å². The molecule has 32 heavy (non-hydrogen) atoms. The van der Waals surface area contributed by atoms with Crippen molar-refractivity contribution >= 4 is 28.4 Å². The van der Waals surface area contributed by atoms with Crippen molar-refractivity contribution in [1.29, 1.82) is 0 Å². The summed E-state index contributed by atoms with van der Waals surface area (Å²) in [5.41, 5.74) is 6.84. The first-order valence-electron chi connectivity index (χ1n) is 10.4. The van der Waals surface area contributed by atoms with Gasteiger partial charge < -0.3 is 25.4 Å². The zero-order chi connectivity index (χ0) is 22.7. The minimum atomic E-state index is -0.454. The minimum Gasteiger partial charge on any atom is -0.494 e. The average molecular weight is 438 g/mol. The third-order valence-electron chi connectivity index (χ3n) is 5.15. The zero-order valence-corrected chi connectivity index (χ0v) is 18.4. The van der Waals surface area contributed by atoms with E-state index in [1.54, 1.807) is 19.2 Å². The molecule has 3 aromatic rings. The molecule has 3 heterocycles. The van der Waals surface area contributed by atoms with Crippen LogP contribution in [0.3, 0.4) is 0 Å². The van der Waals surface area contributed by atoms with Gasteiger partial charge in [-0.1, -0.05) is 6.07 Å². The fourth-order valence-corrected chi connectivity index (χ4v) is 3.57. The largest absolute Gasteiger partial charge is 0.494 e. The molecule has 0 fully saturated rings. The van der Waals surface area contributed by atoms with E-state index < -0.39 is 5.91 Å². The lowest BCUT2D eigenvalue weighted by atomic mass is 10.2. The Balaban J connectivity index is 1.71. The number of fused-ring (bicyclic) bond motifs is 3. The number of aromatic nitrogens is 3. The molecule has 2 aromatic heterocycles. The smallest absolute Gasteiger partial charge is 0.281 e. The topological polar surface area (TPSA) is 120 Å². The van der Waals surface area contributed by atoms with Gasteiger partial charge in [-0.3, -0.25) is 9.36 Å². The summed E-state index contributed by atoms with van der Waals surface area (Å²) in [5.74, 6) is 1.27. The number of carbonyl (C=O) groups excluding carboxylic acids is 1. The van der Waals surface area contributed by atoms with Gasteiger partial charge >= 0.3 is 0 Å². The van der Waals surface area contributed by atoms with Crippen molar-refractivity contribution in [3.05, 3.63) is 47.7 Å². The van der Waals surface area contributed by atoms with E-state index in [9.17, 15) is 4.79 Å². The predicted octanol–water partition coefficient (Wildman–Crippen LogP) is 1.48. The van der Waals surface area contributed by atoms with Crippen LogP contribution in [0.1, 0.15) is 16.8 Å². The molecule has 0 bridgehead atoms. The first-order chi connectivity index (χ1) is 15.5. The number of nitrogens with one attached hydrogen (secondary N) is 1. The fraction of sp³-hybridized carbons (Fsp3) is 0.364. The second kappa shape index (κ2) is 9.33. The number of hydrogen-bond donors (Lipinski definition) is 2. The van der Waals surface area contributed by atoms with Crippen molar-refractivity contribution in [3.63, 3.8) is 0 Å². The normalized spacial score (nSPS) is 15.8. The molecular weight excluding hydrogens is 410 g/mol. The molecule has 3 N–H and O–H groups in total. The molecule has 10 heteroatoms. The highest BCUT2D eigenvalue weighted by Crippen LogP contribution is 2.30. The number of anilines is 2. The van der Waals surface area contributed by atoms with E-state index in [0.717, 1.165) is 24.2 Å². The van der Waals surface area contributed by atoms with Crippen LogP contribution in [0.5, 0.6) is 5.75 Å². The Morgan fingerprint density at radius 1 is 1.34 bits per heavy atom. The lowest BCUT2D eigenvalue weighted by Gasteiger charge is -2.13. The number of nitrogens with zero attached hydrogens (tertiary/aromatic N) is 5. The molecule has 1 aromatic carbocycles. The molecule has 0 spiro atoms. The van der Waals surface area contributed by atoms with Gasteiger partial charge in [0.25, 0.3) is 5.91 Å². The standard InChI is InChI=1S/C22H27N7O3/c1-28(2)10-5-11-32-18-13-29-20(25-18)15-6-4-7-16(31-3)19(15)26-22(29)27-21(30)14-8-9-17(23)24-12-14/h4,6-9,12,18,25H,5,10-11,13H2,1-3H3,(H2,23,24). The Hall–Kier alpha value is -3.50. The zero-order valence-electron chi connectivity index (χ0n) is 18.4. The van der Waals surface area contributed by atoms with Gasteiger partial charge in [-0.05, 0) is 51.3 Å². The van der Waals surface area contributed by atoms with E-state index in [1.165, 1.54) is 6.20 Å². The molecule has 1 unspecified atom stereocenters. The number of rotatable bonds is 7. The number of pyridine rings is 1. The van der Waals surface area contributed by atoms with E-state index in [2.05, 4.69) is 25.2 Å². The second-order valence-corrected chi connectivity index (χ2v) is 7.78. The number of methoxy groups -OCH3 is 1. The van der Waals surface area contributed by atoms with Gasteiger partial charge in [0.1, 0.15) is 29.1 Å². The van der Waals surface area contributed by atoms with Crippen molar-refractivity contribution in [2.45, 2.75) is 19.2 Å². The molecule has 0 saturated carbocycles. The van der Waals surface area contributed by atoms with E-state index >= 15 is 0 Å². The van der Waals surface area contributed by atoms with Gasteiger partial charge in [-0.25, -0.2) is 9.97 Å². The van der Waals surface area contributed by atoms with Crippen LogP contribution in [0.4, 0.5) is 11.6 Å². The number of benzene rings is 1. The predicted molar refractivity (Wildman–Crippen MR) is 121 cm³/mol. The van der Waals surface area contributed by atoms with Crippen molar-refractivity contribution in [1.82, 2.24) is 19.4 Å². The van der Waals surface area contributed by atoms with E-state index in [0.29, 0.717) is 35.8 Å². The van der Waals surface area contributed by atoms with Crippen molar-refractivity contribution in [2.24, 2.45) is 4.99 Å². The Morgan fingerprint density at radius 3 is 2.91 bits per heavy atom. The third-order valence-corrected chi connectivity index (χ3v) is 5.15. The van der Waals surface area contributed by atoms with Crippen molar-refractivity contribution in [3.8, 4) is 5.75 Å². The van der Waals surface area contributed by atoms with Crippen LogP contribution in [0.25, 0.3) is 10.9 Å². The summed E-state index contributed by atoms with van der Waals surface area (Å²) in [4.78, 5) is 27.8. The quantitative estimate of drug-likeness (QED) is 0.534. The van der Waals surface area contributed by atoms with E-state index in [1.807, 2.05) is 36.9 Å². The first-order valence-corrected chi connectivity index (χ1v) is 10.4. The average Bonchev–Trinajstić information content (AvgIpc) is 3.21. The van der Waals surface area contributed by atoms with Crippen LogP contribution in [0.2, 0.25) is 0 Å². The highest BCUT2D eigenvalue weighted by Gasteiger charge is 2.25. The molecule has 0 aliphatic carbocycles. The van der Waals surface area contributed by atoms with Gasteiger partial charge in [0, 0.05) is 11.6 Å². The van der Waals surface area contributed by atoms with Crippen LogP contribution in [-0.2, 0) is 11.3 Å². The summed E-state index contributed by atoms with van der Waals surface area (Å²) in [5, 5.41) is 4.27. The number of amides is 1. The summed E-state index contributed by atoms with van der Waals surface area (Å²) in [6.07, 6.45) is 2.07. The summed E-state index contributed by atoms with van der Waals surface area (Å²) in [7, 11) is 5.65. The fourth-order valence-electron chi connectivity index (χ4n) is 3.57. The Bertz CT molecular complexity index is 1190. The molecule has 1 aliphatic heterocycles. The molecule has 0 radical (unpaired) electrons. The van der Waals surface area contributed by atoms with Gasteiger partial charge in [-0.15, -0.1) is 0 Å². The number of para-hydroxylation sites is 1. The van der Waals surface area contributed by atoms with Crippen molar-refractivity contribution in [2.75, 3.05) is 45.4 Å². The Morgan fingerprint density at radius 2 is 2.19 bits per heavy atom. The molecule has 168 valence electrons. The molecule has 1 amide bonds. The summed E-state index contributed by atoms with van der Waals surface area (Å²) in [6.45, 7) is 2.03. The molecular formula is C22H27N7O3. The monoisotopic (exact) mass is 437 g/mol. The Kier molecular flexibility index (Phi) is 6.33. The van der Waals surface area contributed by atoms with Crippen LogP contribution in [-0.4, -0.2) is 65.9 Å². The maximum Gasteiger partial charge on any atom is 0.281 e. The Labute approximate surface area is 185 Å². The van der Waals surface area contributed by atoms with Gasteiger partial charge in [0.2, 0.25) is 5.62 Å². The lowest BCUT2D eigenvalue weighted by molar-refractivity contribution is 0.0638. The number of carbonyl (C=O) groups is 1. The van der Waals surface area contributed by atoms with E-state index in [4.69, 9.17) is 15.2 Å². The highest BCUT2D eigenvalue weighted by molar-refractivity contribution is 5.96. The van der Waals surface area contributed by atoms with Gasteiger partial charge in [0.05, 0.1) is 25.8 Å². The highest BCUT2D eigenvalue weighted by atomic mass is 16.5. The van der Waals surface area contributed by atoms with Crippen molar-refractivity contribution < 1.29 is 14.3 Å². The number of nitrogens with two attached hydrogens (primary N) is 1.